The highest BCUT2D eigenvalue weighted by atomic mass is 35.5. The molecule has 0 bridgehead atoms. The van der Waals surface area contributed by atoms with Crippen molar-refractivity contribution in [3.05, 3.63) is 74.4 Å². The Balaban J connectivity index is 1.77. The fourth-order valence-corrected chi connectivity index (χ4v) is 3.48. The Morgan fingerprint density at radius 2 is 1.77 bits per heavy atom. The van der Waals surface area contributed by atoms with Crippen LogP contribution in [0.5, 0.6) is 0 Å². The molecule has 26 heavy (non-hydrogen) atoms. The quantitative estimate of drug-likeness (QED) is 0.619. The first kappa shape index (κ1) is 18.7. The zero-order chi connectivity index (χ0) is 18.7. The predicted octanol–water partition coefficient (Wildman–Crippen LogP) is 4.66. The van der Waals surface area contributed by atoms with Crippen LogP contribution in [0.25, 0.3) is 0 Å². The van der Waals surface area contributed by atoms with E-state index in [4.69, 9.17) is 23.2 Å². The normalized spacial score (nSPS) is 10.8. The Hall–Kier alpha value is -2.09. The van der Waals surface area contributed by atoms with E-state index in [0.29, 0.717) is 27.2 Å². The second kappa shape index (κ2) is 8.07. The highest BCUT2D eigenvalue weighted by Crippen LogP contribution is 2.24. The zero-order valence-electron chi connectivity index (χ0n) is 13.5. The summed E-state index contributed by atoms with van der Waals surface area (Å²) in [6, 6.07) is 11.0. The third-order valence-corrected chi connectivity index (χ3v) is 4.90. The van der Waals surface area contributed by atoms with Gasteiger partial charge in [0, 0.05) is 33.4 Å². The van der Waals surface area contributed by atoms with E-state index in [-0.39, 0.29) is 17.3 Å². The van der Waals surface area contributed by atoms with Crippen LogP contribution in [-0.2, 0) is 12.8 Å². The molecule has 9 heteroatoms. The van der Waals surface area contributed by atoms with Crippen LogP contribution in [0.15, 0.2) is 52.2 Å². The molecule has 0 aliphatic carbocycles. The maximum atomic E-state index is 12.9. The molecule has 0 amide bonds. The monoisotopic (exact) mass is 410 g/mol. The average molecular weight is 411 g/mol. The van der Waals surface area contributed by atoms with Crippen molar-refractivity contribution in [2.45, 2.75) is 10.6 Å². The Bertz CT molecular complexity index is 975. The van der Waals surface area contributed by atoms with E-state index < -0.39 is 0 Å². The third kappa shape index (κ3) is 4.55. The lowest BCUT2D eigenvalue weighted by Gasteiger charge is -2.11. The molecule has 1 aromatic heterocycles. The first-order chi connectivity index (χ1) is 12.4. The van der Waals surface area contributed by atoms with Gasteiger partial charge in [0.2, 0.25) is 5.95 Å². The predicted molar refractivity (Wildman–Crippen MR) is 103 cm³/mol. The largest absolute Gasteiger partial charge is 0.324 e. The van der Waals surface area contributed by atoms with Crippen LogP contribution in [0, 0.1) is 5.82 Å². The van der Waals surface area contributed by atoms with Gasteiger partial charge in [0.05, 0.1) is 0 Å². The van der Waals surface area contributed by atoms with Crippen LogP contribution in [0.1, 0.15) is 5.69 Å². The van der Waals surface area contributed by atoms with E-state index in [1.807, 2.05) is 0 Å². The summed E-state index contributed by atoms with van der Waals surface area (Å²) in [6.45, 7) is 0. The highest BCUT2D eigenvalue weighted by Gasteiger charge is 2.11. The Morgan fingerprint density at radius 3 is 2.42 bits per heavy atom. The van der Waals surface area contributed by atoms with Gasteiger partial charge in [0.25, 0.3) is 5.56 Å². The lowest BCUT2D eigenvalue weighted by atomic mass is 10.3. The van der Waals surface area contributed by atoms with E-state index in [1.54, 1.807) is 37.4 Å². The SMILES string of the molecule is Cn1c(Nc2cc(Cl)cc(Cl)c2)nnc(CSc2ccc(F)cc2)c1=O. The number of halogens is 3. The van der Waals surface area contributed by atoms with Gasteiger partial charge in [-0.15, -0.1) is 22.0 Å². The number of nitrogens with one attached hydrogen (secondary N) is 1. The van der Waals surface area contributed by atoms with Gasteiger partial charge in [-0.2, -0.15) is 0 Å². The summed E-state index contributed by atoms with van der Waals surface area (Å²) < 4.78 is 14.3. The summed E-state index contributed by atoms with van der Waals surface area (Å²) >= 11 is 13.3. The number of hydrogen-bond acceptors (Lipinski definition) is 5. The zero-order valence-corrected chi connectivity index (χ0v) is 15.9. The number of nitrogens with zero attached hydrogens (tertiary/aromatic N) is 3. The van der Waals surface area contributed by atoms with Crippen LogP contribution in [0.3, 0.4) is 0 Å². The Morgan fingerprint density at radius 1 is 1.12 bits per heavy atom. The molecule has 0 saturated heterocycles. The number of rotatable bonds is 5. The van der Waals surface area contributed by atoms with Crippen molar-refractivity contribution >= 4 is 46.6 Å². The second-order valence-electron chi connectivity index (χ2n) is 5.36. The van der Waals surface area contributed by atoms with Crippen molar-refractivity contribution in [3.8, 4) is 0 Å². The summed E-state index contributed by atoms with van der Waals surface area (Å²) in [7, 11) is 1.59. The summed E-state index contributed by atoms with van der Waals surface area (Å²) in [5.74, 6) is 0.291. The molecule has 0 radical (unpaired) electrons. The van der Waals surface area contributed by atoms with Gasteiger partial charge < -0.3 is 5.32 Å². The number of aromatic nitrogens is 3. The van der Waals surface area contributed by atoms with Crippen molar-refractivity contribution in [1.29, 1.82) is 0 Å². The maximum Gasteiger partial charge on any atom is 0.277 e. The van der Waals surface area contributed by atoms with Gasteiger partial charge in [0.15, 0.2) is 0 Å². The fourth-order valence-electron chi connectivity index (χ4n) is 2.14. The molecule has 0 aliphatic heterocycles. The fraction of sp³-hybridized carbons (Fsp3) is 0.118. The lowest BCUT2D eigenvalue weighted by Crippen LogP contribution is -2.26. The summed E-state index contributed by atoms with van der Waals surface area (Å²) in [5, 5.41) is 12.0. The van der Waals surface area contributed by atoms with E-state index >= 15 is 0 Å². The molecule has 0 spiro atoms. The number of hydrogen-bond donors (Lipinski definition) is 1. The molecule has 0 fully saturated rings. The van der Waals surface area contributed by atoms with Gasteiger partial charge in [-0.25, -0.2) is 4.39 Å². The van der Waals surface area contributed by atoms with Crippen LogP contribution < -0.4 is 10.9 Å². The standard InChI is InChI=1S/C17H13Cl2FN4OS/c1-24-16(25)15(9-26-14-4-2-12(20)3-5-14)22-23-17(24)21-13-7-10(18)6-11(19)8-13/h2-8H,9H2,1H3,(H,21,23). The topological polar surface area (TPSA) is 59.8 Å². The highest BCUT2D eigenvalue weighted by molar-refractivity contribution is 7.98. The molecular weight excluding hydrogens is 398 g/mol. The first-order valence-electron chi connectivity index (χ1n) is 7.46. The van der Waals surface area contributed by atoms with Crippen molar-refractivity contribution in [3.63, 3.8) is 0 Å². The van der Waals surface area contributed by atoms with E-state index in [2.05, 4.69) is 15.5 Å². The maximum absolute atomic E-state index is 12.9. The van der Waals surface area contributed by atoms with Crippen LogP contribution in [0.2, 0.25) is 10.0 Å². The molecular formula is C17H13Cl2FN4OS. The van der Waals surface area contributed by atoms with Crippen LogP contribution in [0.4, 0.5) is 16.0 Å². The summed E-state index contributed by atoms with van der Waals surface area (Å²) in [4.78, 5) is 13.3. The van der Waals surface area contributed by atoms with Crippen molar-refractivity contribution in [2.75, 3.05) is 5.32 Å². The first-order valence-corrected chi connectivity index (χ1v) is 9.20. The number of benzene rings is 2. The van der Waals surface area contributed by atoms with E-state index in [0.717, 1.165) is 4.90 Å². The van der Waals surface area contributed by atoms with Crippen LogP contribution in [-0.4, -0.2) is 14.8 Å². The molecule has 0 unspecified atom stereocenters. The molecule has 0 aliphatic rings. The molecule has 5 nitrogen and oxygen atoms in total. The molecule has 0 atom stereocenters. The third-order valence-electron chi connectivity index (χ3n) is 3.44. The van der Waals surface area contributed by atoms with E-state index in [1.165, 1.54) is 28.5 Å². The average Bonchev–Trinajstić information content (AvgIpc) is 2.59. The van der Waals surface area contributed by atoms with E-state index in [9.17, 15) is 9.18 Å². The molecule has 0 saturated carbocycles. The number of anilines is 2. The van der Waals surface area contributed by atoms with Gasteiger partial charge >= 0.3 is 0 Å². The molecule has 1 N–H and O–H groups in total. The smallest absolute Gasteiger partial charge is 0.277 e. The van der Waals surface area contributed by atoms with Crippen LogP contribution >= 0.6 is 35.0 Å². The van der Waals surface area contributed by atoms with Gasteiger partial charge in [-0.1, -0.05) is 23.2 Å². The molecule has 3 rings (SSSR count). The van der Waals surface area contributed by atoms with Crippen molar-refractivity contribution < 1.29 is 4.39 Å². The van der Waals surface area contributed by atoms with Crippen molar-refractivity contribution in [1.82, 2.24) is 14.8 Å². The van der Waals surface area contributed by atoms with Crippen molar-refractivity contribution in [2.24, 2.45) is 7.05 Å². The Labute approximate surface area is 163 Å². The summed E-state index contributed by atoms with van der Waals surface area (Å²) in [6.07, 6.45) is 0. The lowest BCUT2D eigenvalue weighted by molar-refractivity contribution is 0.626. The second-order valence-corrected chi connectivity index (χ2v) is 7.28. The Kier molecular flexibility index (Phi) is 5.80. The summed E-state index contributed by atoms with van der Waals surface area (Å²) in [5.41, 5.74) is 0.627. The number of thioether (sulfide) groups is 1. The van der Waals surface area contributed by atoms with Gasteiger partial charge in [0.1, 0.15) is 11.5 Å². The molecule has 2 aromatic carbocycles. The minimum atomic E-state index is -0.304. The van der Waals surface area contributed by atoms with Gasteiger partial charge in [-0.05, 0) is 42.5 Å². The minimum absolute atomic E-state index is 0.267. The van der Waals surface area contributed by atoms with Gasteiger partial charge in [-0.3, -0.25) is 9.36 Å². The molecule has 3 aromatic rings. The minimum Gasteiger partial charge on any atom is -0.324 e. The molecule has 1 heterocycles. The molecule has 134 valence electrons.